The molecule has 0 saturated carbocycles. The second kappa shape index (κ2) is 6.21. The predicted octanol–water partition coefficient (Wildman–Crippen LogP) is 6.23. The third-order valence-electron chi connectivity index (χ3n) is 4.11. The van der Waals surface area contributed by atoms with E-state index in [0.29, 0.717) is 5.92 Å². The molecular formula is C20H20BrN. The summed E-state index contributed by atoms with van der Waals surface area (Å²) < 4.78 is 0. The van der Waals surface area contributed by atoms with Crippen molar-refractivity contribution in [2.45, 2.75) is 32.0 Å². The summed E-state index contributed by atoms with van der Waals surface area (Å²) in [5.41, 5.74) is 7.26. The summed E-state index contributed by atoms with van der Waals surface area (Å²) in [7, 11) is 0. The van der Waals surface area contributed by atoms with Gasteiger partial charge in [0.1, 0.15) is 0 Å². The molecule has 0 saturated heterocycles. The van der Waals surface area contributed by atoms with E-state index in [-0.39, 0.29) is 0 Å². The van der Waals surface area contributed by atoms with Gasteiger partial charge in [0.05, 0.1) is 11.2 Å². The standard InChI is InChI=1S/C20H20BrN/c1-13(2)17-9-4-5-10-18(17)20-16(12-21)11-15-8-6-7-14(3)19(15)22-20/h4-11,13H,12H2,1-3H3. The first-order valence-corrected chi connectivity index (χ1v) is 8.78. The van der Waals surface area contributed by atoms with E-state index in [1.54, 1.807) is 0 Å². The Morgan fingerprint density at radius 2 is 1.82 bits per heavy atom. The van der Waals surface area contributed by atoms with Crippen molar-refractivity contribution in [1.29, 1.82) is 0 Å². The molecule has 0 amide bonds. The summed E-state index contributed by atoms with van der Waals surface area (Å²) in [5, 5.41) is 2.02. The number of nitrogens with zero attached hydrogens (tertiary/aromatic N) is 1. The van der Waals surface area contributed by atoms with Crippen molar-refractivity contribution in [3.05, 3.63) is 65.2 Å². The fourth-order valence-electron chi connectivity index (χ4n) is 2.94. The summed E-state index contributed by atoms with van der Waals surface area (Å²) >= 11 is 3.63. The Bertz CT molecular complexity index is 821. The van der Waals surface area contributed by atoms with Gasteiger partial charge < -0.3 is 0 Å². The Hall–Kier alpha value is -1.67. The molecule has 1 nitrogen and oxygen atoms in total. The lowest BCUT2D eigenvalue weighted by Gasteiger charge is -2.16. The summed E-state index contributed by atoms with van der Waals surface area (Å²) in [5.74, 6) is 0.480. The van der Waals surface area contributed by atoms with Crippen LogP contribution in [0.2, 0.25) is 0 Å². The van der Waals surface area contributed by atoms with E-state index in [1.807, 2.05) is 0 Å². The van der Waals surface area contributed by atoms with Gasteiger partial charge in [0, 0.05) is 16.3 Å². The van der Waals surface area contributed by atoms with Crippen LogP contribution in [0.3, 0.4) is 0 Å². The number of benzene rings is 2. The van der Waals surface area contributed by atoms with Crippen LogP contribution >= 0.6 is 15.9 Å². The second-order valence-electron chi connectivity index (χ2n) is 6.02. The molecule has 0 N–H and O–H groups in total. The molecule has 0 spiro atoms. The van der Waals surface area contributed by atoms with Crippen molar-refractivity contribution in [1.82, 2.24) is 4.98 Å². The zero-order valence-electron chi connectivity index (χ0n) is 13.2. The number of hydrogen-bond donors (Lipinski definition) is 0. The van der Waals surface area contributed by atoms with Gasteiger partial charge in [0.15, 0.2) is 0 Å². The zero-order valence-corrected chi connectivity index (χ0v) is 14.8. The van der Waals surface area contributed by atoms with Crippen molar-refractivity contribution in [3.8, 4) is 11.3 Å². The Kier molecular flexibility index (Phi) is 4.30. The molecule has 1 aromatic heterocycles. The molecule has 1 heterocycles. The molecule has 3 aromatic rings. The number of hydrogen-bond acceptors (Lipinski definition) is 1. The molecule has 0 fully saturated rings. The highest BCUT2D eigenvalue weighted by molar-refractivity contribution is 9.08. The molecule has 0 radical (unpaired) electrons. The van der Waals surface area contributed by atoms with Crippen LogP contribution in [0.1, 0.15) is 36.5 Å². The van der Waals surface area contributed by atoms with Gasteiger partial charge in [-0.1, -0.05) is 72.2 Å². The monoisotopic (exact) mass is 353 g/mol. The molecule has 22 heavy (non-hydrogen) atoms. The van der Waals surface area contributed by atoms with Crippen molar-refractivity contribution < 1.29 is 0 Å². The van der Waals surface area contributed by atoms with E-state index in [0.717, 1.165) is 16.5 Å². The number of fused-ring (bicyclic) bond motifs is 1. The highest BCUT2D eigenvalue weighted by Crippen LogP contribution is 2.33. The van der Waals surface area contributed by atoms with Crippen LogP contribution in [-0.2, 0) is 5.33 Å². The minimum atomic E-state index is 0.480. The minimum absolute atomic E-state index is 0.480. The predicted molar refractivity (Wildman–Crippen MR) is 98.6 cm³/mol. The molecule has 3 rings (SSSR count). The van der Waals surface area contributed by atoms with Crippen LogP contribution in [0, 0.1) is 6.92 Å². The van der Waals surface area contributed by atoms with Crippen molar-refractivity contribution >= 4 is 26.8 Å². The minimum Gasteiger partial charge on any atom is -0.247 e. The van der Waals surface area contributed by atoms with Gasteiger partial charge >= 0.3 is 0 Å². The van der Waals surface area contributed by atoms with E-state index >= 15 is 0 Å². The fourth-order valence-corrected chi connectivity index (χ4v) is 3.37. The SMILES string of the molecule is Cc1cccc2cc(CBr)c(-c3ccccc3C(C)C)nc12. The number of aryl methyl sites for hydroxylation is 1. The first-order valence-electron chi connectivity index (χ1n) is 7.66. The van der Waals surface area contributed by atoms with E-state index < -0.39 is 0 Å². The smallest absolute Gasteiger partial charge is 0.0753 e. The van der Waals surface area contributed by atoms with Crippen molar-refractivity contribution in [2.75, 3.05) is 0 Å². The fraction of sp³-hybridized carbons (Fsp3) is 0.250. The molecule has 0 bridgehead atoms. The average Bonchev–Trinajstić information content (AvgIpc) is 2.54. The van der Waals surface area contributed by atoms with E-state index in [4.69, 9.17) is 4.98 Å². The van der Waals surface area contributed by atoms with Crippen molar-refractivity contribution in [3.63, 3.8) is 0 Å². The largest absolute Gasteiger partial charge is 0.247 e. The molecule has 0 atom stereocenters. The molecule has 0 aliphatic rings. The number of pyridine rings is 1. The maximum absolute atomic E-state index is 5.03. The molecule has 0 aliphatic carbocycles. The molecular weight excluding hydrogens is 334 g/mol. The Morgan fingerprint density at radius 3 is 2.55 bits per heavy atom. The summed E-state index contributed by atoms with van der Waals surface area (Å²) in [6, 6.07) is 17.2. The van der Waals surface area contributed by atoms with Gasteiger partial charge in [-0.25, -0.2) is 4.98 Å². The Morgan fingerprint density at radius 1 is 1.05 bits per heavy atom. The van der Waals surface area contributed by atoms with E-state index in [2.05, 4.69) is 85.2 Å². The highest BCUT2D eigenvalue weighted by atomic mass is 79.9. The molecule has 0 unspecified atom stereocenters. The molecule has 0 aliphatic heterocycles. The maximum atomic E-state index is 5.03. The average molecular weight is 354 g/mol. The summed E-state index contributed by atoms with van der Waals surface area (Å²) in [6.45, 7) is 6.60. The van der Waals surface area contributed by atoms with E-state index in [1.165, 1.54) is 27.6 Å². The van der Waals surface area contributed by atoms with Crippen LogP contribution in [0.15, 0.2) is 48.5 Å². The summed E-state index contributed by atoms with van der Waals surface area (Å²) in [4.78, 5) is 5.03. The van der Waals surface area contributed by atoms with Gasteiger partial charge in [-0.2, -0.15) is 0 Å². The van der Waals surface area contributed by atoms with Crippen LogP contribution in [0.5, 0.6) is 0 Å². The maximum Gasteiger partial charge on any atom is 0.0753 e. The topological polar surface area (TPSA) is 12.9 Å². The van der Waals surface area contributed by atoms with E-state index in [9.17, 15) is 0 Å². The van der Waals surface area contributed by atoms with Crippen LogP contribution in [0.25, 0.3) is 22.2 Å². The highest BCUT2D eigenvalue weighted by Gasteiger charge is 2.14. The summed E-state index contributed by atoms with van der Waals surface area (Å²) in [6.07, 6.45) is 0. The lowest BCUT2D eigenvalue weighted by molar-refractivity contribution is 0.868. The second-order valence-corrected chi connectivity index (χ2v) is 6.58. The first-order chi connectivity index (χ1) is 10.6. The van der Waals surface area contributed by atoms with Crippen LogP contribution < -0.4 is 0 Å². The van der Waals surface area contributed by atoms with Crippen molar-refractivity contribution in [2.24, 2.45) is 0 Å². The van der Waals surface area contributed by atoms with Gasteiger partial charge in [-0.05, 0) is 35.6 Å². The third kappa shape index (κ3) is 2.68. The quantitative estimate of drug-likeness (QED) is 0.508. The molecule has 112 valence electrons. The number of rotatable bonds is 3. The number of alkyl halides is 1. The van der Waals surface area contributed by atoms with Crippen LogP contribution in [-0.4, -0.2) is 4.98 Å². The molecule has 2 heteroatoms. The number of aromatic nitrogens is 1. The van der Waals surface area contributed by atoms with Gasteiger partial charge in [0.25, 0.3) is 0 Å². The van der Waals surface area contributed by atoms with Gasteiger partial charge in [-0.3, -0.25) is 0 Å². The lowest BCUT2D eigenvalue weighted by Crippen LogP contribution is -1.98. The van der Waals surface area contributed by atoms with Gasteiger partial charge in [-0.15, -0.1) is 0 Å². The Balaban J connectivity index is 2.33. The van der Waals surface area contributed by atoms with Crippen LogP contribution in [0.4, 0.5) is 0 Å². The third-order valence-corrected chi connectivity index (χ3v) is 4.71. The normalized spacial score (nSPS) is 11.3. The Labute approximate surface area is 140 Å². The lowest BCUT2D eigenvalue weighted by atomic mass is 9.93. The number of halogens is 1. The zero-order chi connectivity index (χ0) is 15.7. The molecule has 2 aromatic carbocycles. The first kappa shape index (κ1) is 15.2. The number of para-hydroxylation sites is 1. The van der Waals surface area contributed by atoms with Gasteiger partial charge in [0.2, 0.25) is 0 Å².